The van der Waals surface area contributed by atoms with Gasteiger partial charge in [-0.05, 0) is 48.4 Å². The number of amides is 2. The Bertz CT molecular complexity index is 1210. The van der Waals surface area contributed by atoms with Crippen molar-refractivity contribution in [2.24, 2.45) is 5.92 Å². The van der Waals surface area contributed by atoms with Gasteiger partial charge in [0.05, 0.1) is 22.5 Å². The number of halogens is 3. The average Bonchev–Trinajstić information content (AvgIpc) is 3.28. The third-order valence-electron chi connectivity index (χ3n) is 7.18. The number of hydroxylamine groups is 1. The largest absolute Gasteiger partial charge is 0.484 e. The first-order valence-electron chi connectivity index (χ1n) is 11.7. The number of benzene rings is 1. The van der Waals surface area contributed by atoms with Crippen molar-refractivity contribution in [1.29, 1.82) is 0 Å². The number of aromatic nitrogens is 2. The molecule has 1 aromatic carbocycles. The minimum atomic E-state index is -4.41. The molecule has 0 bridgehead atoms. The molecule has 12 heteroatoms. The highest BCUT2D eigenvalue weighted by molar-refractivity contribution is 5.99. The van der Waals surface area contributed by atoms with Crippen molar-refractivity contribution in [3.63, 3.8) is 0 Å². The van der Waals surface area contributed by atoms with E-state index in [4.69, 9.17) is 14.7 Å². The van der Waals surface area contributed by atoms with E-state index in [0.717, 1.165) is 17.5 Å². The number of ether oxygens (including phenoxy) is 1. The SMILES string of the molecule is O=C1NC(c2c3c(nn2CCC2CC2)C[C@]2(CCc4cc(OCC(F)(F)F)ccc42)NC3=O)NO1. The smallest absolute Gasteiger partial charge is 0.427 e. The molecule has 2 aromatic rings. The second-order valence-corrected chi connectivity index (χ2v) is 9.68. The summed E-state index contributed by atoms with van der Waals surface area (Å²) in [6.45, 7) is -0.731. The second kappa shape index (κ2) is 7.87. The van der Waals surface area contributed by atoms with E-state index in [2.05, 4.69) is 16.1 Å². The second-order valence-electron chi connectivity index (χ2n) is 9.68. The molecular formula is C23H24F3N5O4. The van der Waals surface area contributed by atoms with Gasteiger partial charge in [-0.1, -0.05) is 18.9 Å². The number of carbonyl (C=O) groups excluding carboxylic acids is 2. The minimum Gasteiger partial charge on any atom is -0.484 e. The highest BCUT2D eigenvalue weighted by atomic mass is 19.4. The number of rotatable bonds is 6. The summed E-state index contributed by atoms with van der Waals surface area (Å²) in [5.74, 6) is 0.504. The van der Waals surface area contributed by atoms with Crippen LogP contribution >= 0.6 is 0 Å². The van der Waals surface area contributed by atoms with Gasteiger partial charge in [0.2, 0.25) is 0 Å². The van der Waals surface area contributed by atoms with Crippen LogP contribution in [0.5, 0.6) is 5.75 Å². The zero-order chi connectivity index (χ0) is 24.4. The topological polar surface area (TPSA) is 107 Å². The molecule has 186 valence electrons. The fraction of sp³-hybridized carbons (Fsp3) is 0.522. The van der Waals surface area contributed by atoms with Crippen molar-refractivity contribution in [3.05, 3.63) is 46.3 Å². The minimum absolute atomic E-state index is 0.149. The fourth-order valence-corrected chi connectivity index (χ4v) is 5.39. The maximum atomic E-state index is 13.5. The Hall–Kier alpha value is -3.28. The lowest BCUT2D eigenvalue weighted by Gasteiger charge is -2.35. The number of hydrogen-bond acceptors (Lipinski definition) is 6. The van der Waals surface area contributed by atoms with Crippen molar-refractivity contribution < 1.29 is 32.3 Å². The first kappa shape index (κ1) is 22.2. The molecule has 2 atom stereocenters. The normalized spacial score (nSPS) is 25.2. The summed E-state index contributed by atoms with van der Waals surface area (Å²) in [5.41, 5.74) is 5.26. The van der Waals surface area contributed by atoms with Gasteiger partial charge in [0.25, 0.3) is 5.91 Å². The Morgan fingerprint density at radius 2 is 2.09 bits per heavy atom. The zero-order valence-electron chi connectivity index (χ0n) is 18.7. The van der Waals surface area contributed by atoms with Crippen molar-refractivity contribution in [3.8, 4) is 5.75 Å². The molecule has 4 aliphatic rings. The molecule has 35 heavy (non-hydrogen) atoms. The summed E-state index contributed by atoms with van der Waals surface area (Å²) < 4.78 is 44.3. The van der Waals surface area contributed by atoms with Gasteiger partial charge < -0.3 is 14.9 Å². The van der Waals surface area contributed by atoms with Gasteiger partial charge in [-0.3, -0.25) is 14.8 Å². The van der Waals surface area contributed by atoms with Crippen LogP contribution in [0.15, 0.2) is 18.2 Å². The van der Waals surface area contributed by atoms with Crippen LogP contribution in [0.4, 0.5) is 18.0 Å². The molecular weight excluding hydrogens is 467 g/mol. The van der Waals surface area contributed by atoms with Crippen LogP contribution in [0.2, 0.25) is 0 Å². The third-order valence-corrected chi connectivity index (χ3v) is 7.18. The molecule has 1 aromatic heterocycles. The molecule has 9 nitrogen and oxygen atoms in total. The first-order chi connectivity index (χ1) is 16.7. The molecule has 2 aliphatic heterocycles. The Labute approximate surface area is 198 Å². The maximum Gasteiger partial charge on any atom is 0.427 e. The van der Waals surface area contributed by atoms with E-state index in [1.807, 2.05) is 0 Å². The average molecular weight is 491 g/mol. The van der Waals surface area contributed by atoms with E-state index in [1.54, 1.807) is 16.8 Å². The summed E-state index contributed by atoms with van der Waals surface area (Å²) in [6, 6.07) is 4.86. The third kappa shape index (κ3) is 4.09. The lowest BCUT2D eigenvalue weighted by molar-refractivity contribution is -0.153. The van der Waals surface area contributed by atoms with Crippen molar-refractivity contribution >= 4 is 12.0 Å². The van der Waals surface area contributed by atoms with Crippen LogP contribution < -0.4 is 20.9 Å². The van der Waals surface area contributed by atoms with Crippen molar-refractivity contribution in [1.82, 2.24) is 25.9 Å². The number of hydrogen-bond donors (Lipinski definition) is 3. The van der Waals surface area contributed by atoms with E-state index in [1.165, 1.54) is 18.9 Å². The van der Waals surface area contributed by atoms with E-state index in [9.17, 15) is 22.8 Å². The number of carbonyl (C=O) groups is 2. The zero-order valence-corrected chi connectivity index (χ0v) is 18.7. The van der Waals surface area contributed by atoms with Gasteiger partial charge in [-0.2, -0.15) is 18.3 Å². The summed E-state index contributed by atoms with van der Waals surface area (Å²) in [5, 5.41) is 10.6. The van der Waals surface area contributed by atoms with Gasteiger partial charge in [0, 0.05) is 13.0 Å². The van der Waals surface area contributed by atoms with Gasteiger partial charge in [0.15, 0.2) is 12.8 Å². The molecule has 2 fully saturated rings. The van der Waals surface area contributed by atoms with Crippen LogP contribution in [0.3, 0.4) is 0 Å². The molecule has 2 amide bonds. The molecule has 3 N–H and O–H groups in total. The summed E-state index contributed by atoms with van der Waals surface area (Å²) in [4.78, 5) is 30.0. The summed E-state index contributed by atoms with van der Waals surface area (Å²) >= 11 is 0. The highest BCUT2D eigenvalue weighted by Crippen LogP contribution is 2.44. The van der Waals surface area contributed by atoms with Gasteiger partial charge in [0.1, 0.15) is 5.75 Å². The quantitative estimate of drug-likeness (QED) is 0.574. The summed E-state index contributed by atoms with van der Waals surface area (Å²) in [6.07, 6.45) is -0.788. The van der Waals surface area contributed by atoms with E-state index in [0.29, 0.717) is 48.7 Å². The number of nitrogens with zero attached hydrogens (tertiary/aromatic N) is 2. The van der Waals surface area contributed by atoms with E-state index in [-0.39, 0.29) is 11.7 Å². The van der Waals surface area contributed by atoms with Gasteiger partial charge in [-0.15, -0.1) is 5.48 Å². The monoisotopic (exact) mass is 491 g/mol. The number of fused-ring (bicyclic) bond motifs is 3. The molecule has 1 unspecified atom stereocenters. The Morgan fingerprint density at radius 3 is 2.80 bits per heavy atom. The van der Waals surface area contributed by atoms with Gasteiger partial charge in [-0.25, -0.2) is 4.79 Å². The lowest BCUT2D eigenvalue weighted by Crippen LogP contribution is -2.50. The molecule has 1 spiro atoms. The molecule has 1 saturated carbocycles. The van der Waals surface area contributed by atoms with Crippen LogP contribution in [0, 0.1) is 5.92 Å². The predicted octanol–water partition coefficient (Wildman–Crippen LogP) is 2.99. The standard InChI is InChI=1S/C23H24F3N5O4/c24-23(25,26)11-34-14-3-4-15-13(9-14)5-7-22(15)10-16-17(20(32)28-22)18(19-27-21(33)35-30-19)31(29-16)8-6-12-1-2-12/h3-4,9,12,19,30H,1-2,5-8,10-11H2,(H,27,33)(H,28,32)/t19?,22-/m0/s1. The Balaban J connectivity index is 1.31. The van der Waals surface area contributed by atoms with Crippen LogP contribution in [0.25, 0.3) is 0 Å². The van der Waals surface area contributed by atoms with Crippen LogP contribution in [-0.4, -0.2) is 34.6 Å². The molecule has 3 heterocycles. The van der Waals surface area contributed by atoms with Crippen LogP contribution in [0.1, 0.15) is 64.7 Å². The number of nitrogens with one attached hydrogen (secondary N) is 3. The predicted molar refractivity (Wildman–Crippen MR) is 114 cm³/mol. The molecule has 1 saturated heterocycles. The van der Waals surface area contributed by atoms with Crippen LogP contribution in [-0.2, 0) is 29.8 Å². The van der Waals surface area contributed by atoms with E-state index < -0.39 is 30.6 Å². The number of aryl methyl sites for hydroxylation is 2. The van der Waals surface area contributed by atoms with Crippen molar-refractivity contribution in [2.75, 3.05) is 6.61 Å². The lowest BCUT2D eigenvalue weighted by atomic mass is 9.82. The van der Waals surface area contributed by atoms with Crippen molar-refractivity contribution in [2.45, 2.75) is 63.0 Å². The Morgan fingerprint density at radius 1 is 1.26 bits per heavy atom. The highest BCUT2D eigenvalue weighted by Gasteiger charge is 2.47. The maximum absolute atomic E-state index is 13.5. The molecule has 2 aliphatic carbocycles. The molecule has 0 radical (unpaired) electrons. The summed E-state index contributed by atoms with van der Waals surface area (Å²) in [7, 11) is 0. The molecule has 6 rings (SSSR count). The fourth-order valence-electron chi connectivity index (χ4n) is 5.39. The number of alkyl halides is 3. The van der Waals surface area contributed by atoms with Gasteiger partial charge >= 0.3 is 12.3 Å². The van der Waals surface area contributed by atoms with E-state index >= 15 is 0 Å². The first-order valence-corrected chi connectivity index (χ1v) is 11.7. The Kier molecular flexibility index (Phi) is 4.99.